The molecule has 7 rings (SSSR count). The van der Waals surface area contributed by atoms with Gasteiger partial charge in [-0.15, -0.1) is 10.2 Å². The molecule has 0 bridgehead atoms. The smallest absolute Gasteiger partial charge is 0.442 e. The Morgan fingerprint density at radius 2 is 1.59 bits per heavy atom. The van der Waals surface area contributed by atoms with Gasteiger partial charge in [-0.1, -0.05) is 55.4 Å². The topological polar surface area (TPSA) is 261 Å². The molecular formula is C53H69F3N10O11S2. The lowest BCUT2D eigenvalue weighted by molar-refractivity contribution is -0.166. The highest BCUT2D eigenvalue weighted by Crippen LogP contribution is 2.52. The van der Waals surface area contributed by atoms with Crippen LogP contribution in [0, 0.1) is 0 Å². The van der Waals surface area contributed by atoms with Gasteiger partial charge in [0.1, 0.15) is 24.2 Å². The monoisotopic (exact) mass is 1140 g/mol. The Hall–Kier alpha value is -6.35. The maximum Gasteiger partial charge on any atom is 0.442 e. The molecule has 0 aliphatic carbocycles. The van der Waals surface area contributed by atoms with Gasteiger partial charge in [-0.25, -0.2) is 14.7 Å². The molecule has 3 aromatic rings. The molecule has 0 saturated carbocycles. The third kappa shape index (κ3) is 18.6. The van der Waals surface area contributed by atoms with E-state index in [0.717, 1.165) is 67.9 Å². The second-order valence-electron chi connectivity index (χ2n) is 18.9. The van der Waals surface area contributed by atoms with Crippen LogP contribution < -0.4 is 36.2 Å². The first kappa shape index (κ1) is 61.9. The van der Waals surface area contributed by atoms with Crippen molar-refractivity contribution in [1.29, 1.82) is 0 Å². The zero-order valence-corrected chi connectivity index (χ0v) is 46.1. The predicted octanol–water partition coefficient (Wildman–Crippen LogP) is 5.91. The van der Waals surface area contributed by atoms with Crippen molar-refractivity contribution in [2.75, 3.05) is 84.1 Å². The summed E-state index contributed by atoms with van der Waals surface area (Å²) in [5, 5.41) is 18.9. The molecule has 3 saturated heterocycles. The number of ether oxygens (including phenoxy) is 4. The first-order valence-electron chi connectivity index (χ1n) is 26.2. The van der Waals surface area contributed by atoms with Crippen molar-refractivity contribution in [2.45, 2.75) is 105 Å². The van der Waals surface area contributed by atoms with Crippen LogP contribution in [0.1, 0.15) is 79.8 Å². The number of hydrogen-bond donors (Lipinski definition) is 5. The van der Waals surface area contributed by atoms with Gasteiger partial charge in [0.15, 0.2) is 0 Å². The number of urea groups is 1. The van der Waals surface area contributed by atoms with Crippen LogP contribution in [-0.2, 0) is 45.5 Å². The number of methoxy groups -OCH3 is 1. The molecule has 8 amide bonds. The molecule has 3 fully saturated rings. The van der Waals surface area contributed by atoms with Gasteiger partial charge < -0.3 is 50.4 Å². The van der Waals surface area contributed by atoms with Crippen LogP contribution in [0.5, 0.6) is 5.75 Å². The molecule has 5 N–H and O–H groups in total. The number of nitrogens with zero attached hydrogens (tertiary/aromatic N) is 5. The van der Waals surface area contributed by atoms with Crippen LogP contribution in [0.25, 0.3) is 0 Å². The molecule has 2 aromatic carbocycles. The lowest BCUT2D eigenvalue weighted by Gasteiger charge is -2.20. The van der Waals surface area contributed by atoms with Crippen molar-refractivity contribution in [3.8, 4) is 5.75 Å². The second-order valence-corrected chi connectivity index (χ2v) is 21.3. The van der Waals surface area contributed by atoms with Crippen molar-refractivity contribution in [3.05, 3.63) is 89.6 Å². The van der Waals surface area contributed by atoms with E-state index in [4.69, 9.17) is 18.9 Å². The minimum absolute atomic E-state index is 0.0364. The lowest BCUT2D eigenvalue weighted by atomic mass is 10.0. The van der Waals surface area contributed by atoms with E-state index in [1.54, 1.807) is 37.6 Å². The fraction of sp³-hybridized carbons (Fsp3) is 0.547. The number of carbonyl (C=O) groups is 7. The number of pyridine rings is 1. The van der Waals surface area contributed by atoms with Gasteiger partial charge in [-0.2, -0.15) is 24.9 Å². The number of rotatable bonds is 31. The zero-order chi connectivity index (χ0) is 56.8. The normalized spacial score (nSPS) is 19.1. The molecule has 21 nitrogen and oxygen atoms in total. The van der Waals surface area contributed by atoms with Crippen LogP contribution in [0.15, 0.2) is 83.2 Å². The number of imide groups is 3. The maximum absolute atomic E-state index is 13.5. The molecule has 1 aromatic heterocycles. The van der Waals surface area contributed by atoms with Gasteiger partial charge in [0.05, 0.1) is 43.5 Å². The number of alkyl halides is 3. The summed E-state index contributed by atoms with van der Waals surface area (Å²) in [5.74, 6) is -0.934. The molecule has 4 aliphatic rings. The van der Waals surface area contributed by atoms with E-state index < -0.39 is 58.4 Å². The molecule has 5 heterocycles. The van der Waals surface area contributed by atoms with E-state index in [1.165, 1.54) is 0 Å². The summed E-state index contributed by atoms with van der Waals surface area (Å²) >= 11 is 2.60. The number of fused-ring (bicyclic) bond motifs is 1. The van der Waals surface area contributed by atoms with Crippen molar-refractivity contribution in [3.63, 3.8) is 0 Å². The molecule has 0 spiro atoms. The van der Waals surface area contributed by atoms with Crippen LogP contribution in [0.2, 0.25) is 0 Å². The standard InChI is InChI=1S/C39H44F3N7O8S.C14H25N3O3S/c1-3-19-55-22-23-56-20-6-17-44-35(52)30(45-34(51)27-10-12-28(13-11-27)38(46-47-38)39(40,41)42)25-33(50)49-36(53)31(58-37(49)54)24-26-8-14-29(15-9-26)57-21-18-48(2)32-7-4-5-16-43-32;1-20-8-4-7-15-12(18)6-3-2-5-11-13-10(9-21-11)16-14(19)17-13/h4-5,7-16,30-31H,3,6,17-25H2,1-2H3,(H,44,52)(H,45,51);10-11,13H,2-9H2,1H3,(H,15,18)(H2,16,17,19)/t30-,31?;10-,11-,13-/m10/s1. The molecule has 0 radical (unpaired) electrons. The predicted molar refractivity (Wildman–Crippen MR) is 290 cm³/mol. The highest BCUT2D eigenvalue weighted by Gasteiger charge is 2.65. The molecular weight excluding hydrogens is 1070 g/mol. The molecule has 26 heteroatoms. The number of nitrogens with one attached hydrogen (secondary N) is 5. The Morgan fingerprint density at radius 1 is 0.873 bits per heavy atom. The largest absolute Gasteiger partial charge is 0.492 e. The Bertz CT molecular complexity index is 2530. The highest BCUT2D eigenvalue weighted by atomic mass is 32.2. The van der Waals surface area contributed by atoms with Gasteiger partial charge >= 0.3 is 17.9 Å². The Labute approximate surface area is 465 Å². The lowest BCUT2D eigenvalue weighted by Crippen LogP contribution is -2.50. The summed E-state index contributed by atoms with van der Waals surface area (Å²) in [4.78, 5) is 96.1. The number of thioether (sulfide) groups is 2. The summed E-state index contributed by atoms with van der Waals surface area (Å²) in [6.07, 6.45) is 2.00. The van der Waals surface area contributed by atoms with E-state index in [-0.39, 0.29) is 54.7 Å². The first-order chi connectivity index (χ1) is 38.0. The van der Waals surface area contributed by atoms with Crippen molar-refractivity contribution < 1.29 is 65.7 Å². The first-order valence-corrected chi connectivity index (χ1v) is 28.2. The summed E-state index contributed by atoms with van der Waals surface area (Å²) < 4.78 is 62.0. The molecule has 79 heavy (non-hydrogen) atoms. The summed E-state index contributed by atoms with van der Waals surface area (Å²) in [5.41, 5.74) is -2.40. The summed E-state index contributed by atoms with van der Waals surface area (Å²) in [7, 11) is 3.57. The maximum atomic E-state index is 13.5. The van der Waals surface area contributed by atoms with E-state index in [1.807, 2.05) is 48.8 Å². The van der Waals surface area contributed by atoms with Gasteiger partial charge in [-0.3, -0.25) is 28.8 Å². The Morgan fingerprint density at radius 3 is 2.28 bits per heavy atom. The van der Waals surface area contributed by atoms with Crippen LogP contribution in [0.3, 0.4) is 0 Å². The van der Waals surface area contributed by atoms with Crippen LogP contribution in [-0.4, -0.2) is 165 Å². The van der Waals surface area contributed by atoms with E-state index in [0.29, 0.717) is 92.2 Å². The van der Waals surface area contributed by atoms with Gasteiger partial charge in [0.2, 0.25) is 17.7 Å². The number of halogens is 3. The fourth-order valence-corrected chi connectivity index (χ4v) is 11.1. The highest BCUT2D eigenvalue weighted by molar-refractivity contribution is 8.15. The number of anilines is 1. The fourth-order valence-electron chi connectivity index (χ4n) is 8.54. The second kappa shape index (κ2) is 30.9. The number of likely N-dealkylation sites (N-methyl/N-ethyl adjacent to an activating group) is 1. The average molecular weight is 1140 g/mol. The number of carbonyl (C=O) groups excluding carboxylic acids is 7. The summed E-state index contributed by atoms with van der Waals surface area (Å²) in [6, 6.07) is 15.9. The van der Waals surface area contributed by atoms with Crippen molar-refractivity contribution in [2.24, 2.45) is 10.2 Å². The molecule has 1 unspecified atom stereocenters. The van der Waals surface area contributed by atoms with E-state index in [9.17, 15) is 46.7 Å². The SMILES string of the molecule is CCCOCCOCCCNC(=O)[C@@H](CC(=O)N1C(=O)SC(Cc2ccc(OCCN(C)c3ccccn3)cc2)C1=O)NC(=O)c1ccc(C2(C(F)(F)F)N=N2)cc1.COCCCNC(=O)CCCC[C@@H]1SC[C@@H]2NC(=O)N[C@@H]21. The molecule has 430 valence electrons. The Kier molecular flexibility index (Phi) is 24.2. The number of unbranched alkanes of at least 4 members (excludes halogenated alkanes) is 1. The third-order valence-corrected chi connectivity index (χ3v) is 15.5. The van der Waals surface area contributed by atoms with Crippen molar-refractivity contribution in [1.82, 2.24) is 36.5 Å². The quantitative estimate of drug-likeness (QED) is 0.0370. The van der Waals surface area contributed by atoms with E-state index in [2.05, 4.69) is 41.8 Å². The average Bonchev–Trinajstić information content (AvgIpc) is 4.23. The minimum atomic E-state index is -4.77. The van der Waals surface area contributed by atoms with Gasteiger partial charge in [0.25, 0.3) is 17.1 Å². The van der Waals surface area contributed by atoms with Crippen LogP contribution in [0.4, 0.5) is 28.6 Å². The van der Waals surface area contributed by atoms with Crippen LogP contribution >= 0.6 is 23.5 Å². The van der Waals surface area contributed by atoms with Gasteiger partial charge in [-0.05, 0) is 80.5 Å². The molecule has 5 atom stereocenters. The number of benzene rings is 2. The number of amides is 8. The minimum Gasteiger partial charge on any atom is -0.492 e. The molecule has 4 aliphatic heterocycles. The van der Waals surface area contributed by atoms with Crippen molar-refractivity contribution >= 4 is 70.1 Å². The number of aromatic nitrogens is 1. The zero-order valence-electron chi connectivity index (χ0n) is 44.4. The number of hydrogen-bond acceptors (Lipinski definition) is 17. The summed E-state index contributed by atoms with van der Waals surface area (Å²) in [6.45, 7) is 6.09. The third-order valence-electron chi connectivity index (χ3n) is 12.9. The Balaban J connectivity index is 0.000000400. The van der Waals surface area contributed by atoms with E-state index >= 15 is 0 Å². The van der Waals surface area contributed by atoms with Gasteiger partial charge in [0, 0.05) is 81.8 Å².